The van der Waals surface area contributed by atoms with Gasteiger partial charge in [-0.05, 0) is 30.3 Å². The zero-order chi connectivity index (χ0) is 20.9. The molecule has 0 radical (unpaired) electrons. The third-order valence-electron chi connectivity index (χ3n) is 5.01. The number of hydrogen-bond acceptors (Lipinski definition) is 3. The highest BCUT2D eigenvalue weighted by Crippen LogP contribution is 2.39. The van der Waals surface area contributed by atoms with E-state index in [4.69, 9.17) is 0 Å². The van der Waals surface area contributed by atoms with E-state index in [9.17, 15) is 23.5 Å². The van der Waals surface area contributed by atoms with E-state index >= 15 is 0 Å². The van der Waals surface area contributed by atoms with Crippen LogP contribution in [0.2, 0.25) is 0 Å². The lowest BCUT2D eigenvalue weighted by Gasteiger charge is -2.29. The maximum Gasteiger partial charge on any atom is 0.339 e. The highest BCUT2D eigenvalue weighted by Gasteiger charge is 2.37. The Labute approximate surface area is 164 Å². The second-order valence-corrected chi connectivity index (χ2v) is 7.57. The molecule has 0 aliphatic carbocycles. The molecule has 1 aliphatic rings. The molecular weight excluding hydrogens is 380 g/mol. The first-order chi connectivity index (χ1) is 13.7. The van der Waals surface area contributed by atoms with Crippen LogP contribution >= 0.6 is 0 Å². The van der Waals surface area contributed by atoms with Gasteiger partial charge in [-0.15, -0.1) is 0 Å². The summed E-state index contributed by atoms with van der Waals surface area (Å²) in [6.07, 6.45) is 2.85. The lowest BCUT2D eigenvalue weighted by atomic mass is 9.83. The van der Waals surface area contributed by atoms with Crippen LogP contribution in [0.15, 0.2) is 42.7 Å². The molecule has 148 valence electrons. The number of fused-ring (bicyclic) bond motifs is 3. The Kier molecular flexibility index (Phi) is 4.22. The first-order valence-corrected chi connectivity index (χ1v) is 8.88. The zero-order valence-electron chi connectivity index (χ0n) is 15.7. The van der Waals surface area contributed by atoms with Crippen molar-refractivity contribution in [2.75, 3.05) is 6.54 Å². The van der Waals surface area contributed by atoms with Gasteiger partial charge in [-0.25, -0.2) is 13.6 Å². The number of carboxylic acids is 1. The van der Waals surface area contributed by atoms with Crippen molar-refractivity contribution in [1.82, 2.24) is 14.9 Å². The van der Waals surface area contributed by atoms with Crippen LogP contribution in [0.4, 0.5) is 8.78 Å². The molecule has 0 fully saturated rings. The van der Waals surface area contributed by atoms with Crippen molar-refractivity contribution in [3.63, 3.8) is 0 Å². The van der Waals surface area contributed by atoms with E-state index < -0.39 is 28.9 Å². The van der Waals surface area contributed by atoms with Gasteiger partial charge in [0.25, 0.3) is 5.91 Å². The van der Waals surface area contributed by atoms with Gasteiger partial charge in [0.1, 0.15) is 0 Å². The number of carboxylic acid groups (broad SMARTS) is 1. The van der Waals surface area contributed by atoms with E-state index in [0.29, 0.717) is 22.3 Å². The molecule has 6 nitrogen and oxygen atoms in total. The molecule has 2 N–H and O–H groups in total. The van der Waals surface area contributed by atoms with Gasteiger partial charge < -0.3 is 15.0 Å². The average Bonchev–Trinajstić information content (AvgIpc) is 3.01. The molecule has 1 aliphatic heterocycles. The number of amides is 1. The van der Waals surface area contributed by atoms with Crippen molar-refractivity contribution in [2.24, 2.45) is 0 Å². The summed E-state index contributed by atoms with van der Waals surface area (Å²) in [7, 11) is 0. The number of nitrogens with zero attached hydrogens (tertiary/aromatic N) is 2. The molecular formula is C21H17F2N3O3. The largest absolute Gasteiger partial charge is 0.478 e. The van der Waals surface area contributed by atoms with Crippen molar-refractivity contribution in [3.8, 4) is 0 Å². The summed E-state index contributed by atoms with van der Waals surface area (Å²) in [5.74, 6) is -4.06. The van der Waals surface area contributed by atoms with Crippen LogP contribution in [-0.2, 0) is 10.2 Å². The lowest BCUT2D eigenvalue weighted by Crippen LogP contribution is -2.37. The molecule has 8 heteroatoms. The van der Waals surface area contributed by atoms with Crippen molar-refractivity contribution >= 4 is 28.5 Å². The van der Waals surface area contributed by atoms with E-state index in [-0.39, 0.29) is 17.7 Å². The topological polar surface area (TPSA) is 86.3 Å². The molecule has 0 atom stereocenters. The smallest absolute Gasteiger partial charge is 0.339 e. The molecule has 1 amide bonds. The third-order valence-corrected chi connectivity index (χ3v) is 5.01. The number of halogens is 2. The molecule has 1 aromatic carbocycles. The standard InChI is InChI=1S/C21H17F2N3O3/c1-21(2)10-26(19(27)11-5-6-13(22)14(23)8-11)9-12(20(28)29)17-16(21)18-15(25-17)4-3-7-24-18/h3-9,25H,10H2,1-2H3,(H,28,29). The van der Waals surface area contributed by atoms with Gasteiger partial charge in [-0.3, -0.25) is 9.78 Å². The Hall–Kier alpha value is -3.55. The summed E-state index contributed by atoms with van der Waals surface area (Å²) < 4.78 is 26.9. The summed E-state index contributed by atoms with van der Waals surface area (Å²) in [5.41, 5.74) is 1.51. The molecule has 0 unspecified atom stereocenters. The molecule has 0 saturated carbocycles. The predicted molar refractivity (Wildman–Crippen MR) is 102 cm³/mol. The second kappa shape index (κ2) is 6.51. The number of aromatic nitrogens is 2. The Morgan fingerprint density at radius 2 is 1.97 bits per heavy atom. The van der Waals surface area contributed by atoms with E-state index in [1.807, 2.05) is 13.8 Å². The van der Waals surface area contributed by atoms with Gasteiger partial charge in [0.05, 0.1) is 22.3 Å². The number of nitrogens with one attached hydrogen (secondary N) is 1. The summed E-state index contributed by atoms with van der Waals surface area (Å²) in [5, 5.41) is 9.80. The highest BCUT2D eigenvalue weighted by molar-refractivity contribution is 6.17. The van der Waals surface area contributed by atoms with Crippen LogP contribution in [0.1, 0.15) is 35.5 Å². The lowest BCUT2D eigenvalue weighted by molar-refractivity contribution is -0.130. The van der Waals surface area contributed by atoms with Crippen molar-refractivity contribution in [1.29, 1.82) is 0 Å². The second-order valence-electron chi connectivity index (χ2n) is 7.57. The number of carbonyl (C=O) groups excluding carboxylic acids is 1. The molecule has 0 bridgehead atoms. The minimum Gasteiger partial charge on any atom is -0.478 e. The van der Waals surface area contributed by atoms with Crippen LogP contribution in [0.25, 0.3) is 16.6 Å². The molecule has 3 aromatic rings. The van der Waals surface area contributed by atoms with E-state index in [1.165, 1.54) is 17.2 Å². The fourth-order valence-corrected chi connectivity index (χ4v) is 3.74. The fraction of sp³-hybridized carbons (Fsp3) is 0.190. The minimum absolute atomic E-state index is 0.0748. The SMILES string of the molecule is CC1(C)CN(C(=O)c2ccc(F)c(F)c2)C=C(C(=O)O)c2[nH]c3cccnc3c21. The minimum atomic E-state index is -1.22. The third kappa shape index (κ3) is 3.06. The highest BCUT2D eigenvalue weighted by atomic mass is 19.2. The summed E-state index contributed by atoms with van der Waals surface area (Å²) in [6, 6.07) is 6.39. The molecule has 29 heavy (non-hydrogen) atoms. The van der Waals surface area contributed by atoms with Crippen LogP contribution in [0, 0.1) is 11.6 Å². The fourth-order valence-electron chi connectivity index (χ4n) is 3.74. The average molecular weight is 397 g/mol. The Balaban J connectivity index is 1.88. The molecule has 0 saturated heterocycles. The summed E-state index contributed by atoms with van der Waals surface area (Å²) in [4.78, 5) is 33.7. The van der Waals surface area contributed by atoms with Crippen LogP contribution in [-0.4, -0.2) is 38.4 Å². The molecule has 2 aromatic heterocycles. The number of carbonyl (C=O) groups is 2. The Morgan fingerprint density at radius 3 is 2.66 bits per heavy atom. The van der Waals surface area contributed by atoms with Crippen molar-refractivity contribution in [3.05, 3.63) is 71.2 Å². The summed E-state index contributed by atoms with van der Waals surface area (Å²) in [6.45, 7) is 3.87. The van der Waals surface area contributed by atoms with E-state index in [1.54, 1.807) is 18.3 Å². The van der Waals surface area contributed by atoms with Crippen molar-refractivity contribution in [2.45, 2.75) is 19.3 Å². The number of hydrogen-bond donors (Lipinski definition) is 2. The summed E-state index contributed by atoms with van der Waals surface area (Å²) >= 11 is 0. The first kappa shape index (κ1) is 18.8. The van der Waals surface area contributed by atoms with Gasteiger partial charge >= 0.3 is 5.97 Å². The Bertz CT molecular complexity index is 1200. The van der Waals surface area contributed by atoms with Gasteiger partial charge in [-0.2, -0.15) is 0 Å². The van der Waals surface area contributed by atoms with Gasteiger partial charge in [0.15, 0.2) is 11.6 Å². The number of pyridine rings is 1. The Morgan fingerprint density at radius 1 is 1.21 bits per heavy atom. The van der Waals surface area contributed by atoms with Gasteiger partial charge in [0, 0.05) is 35.5 Å². The maximum atomic E-state index is 13.6. The number of rotatable bonds is 2. The van der Waals surface area contributed by atoms with Crippen LogP contribution < -0.4 is 0 Å². The van der Waals surface area contributed by atoms with E-state index in [2.05, 4.69) is 9.97 Å². The predicted octanol–water partition coefficient (Wildman–Crippen LogP) is 3.70. The first-order valence-electron chi connectivity index (χ1n) is 8.88. The number of aromatic amines is 1. The molecule has 0 spiro atoms. The zero-order valence-corrected chi connectivity index (χ0v) is 15.7. The van der Waals surface area contributed by atoms with Crippen molar-refractivity contribution < 1.29 is 23.5 Å². The normalized spacial score (nSPS) is 15.6. The number of benzene rings is 1. The van der Waals surface area contributed by atoms with Gasteiger partial charge in [0.2, 0.25) is 0 Å². The number of H-pyrrole nitrogens is 1. The monoisotopic (exact) mass is 397 g/mol. The quantitative estimate of drug-likeness (QED) is 0.690. The molecule has 3 heterocycles. The van der Waals surface area contributed by atoms with Gasteiger partial charge in [-0.1, -0.05) is 13.8 Å². The molecule has 4 rings (SSSR count). The van der Waals surface area contributed by atoms with Crippen LogP contribution in [0.5, 0.6) is 0 Å². The van der Waals surface area contributed by atoms with E-state index in [0.717, 1.165) is 12.1 Å². The maximum absolute atomic E-state index is 13.6. The van der Waals surface area contributed by atoms with Crippen LogP contribution in [0.3, 0.4) is 0 Å². The number of aliphatic carboxylic acids is 1.